The van der Waals surface area contributed by atoms with Crippen LogP contribution in [-0.4, -0.2) is 42.5 Å². The van der Waals surface area contributed by atoms with E-state index in [1.54, 1.807) is 24.1 Å². The second-order valence-corrected chi connectivity index (χ2v) is 9.53. The minimum absolute atomic E-state index is 0.00904. The van der Waals surface area contributed by atoms with Crippen molar-refractivity contribution in [1.82, 2.24) is 10.2 Å². The molecule has 2 atom stereocenters. The van der Waals surface area contributed by atoms with Gasteiger partial charge in [-0.1, -0.05) is 77.5 Å². The summed E-state index contributed by atoms with van der Waals surface area (Å²) in [6.45, 7) is 4.03. The monoisotopic (exact) mass is 552 g/mol. The minimum Gasteiger partial charge on any atom is -0.493 e. The van der Waals surface area contributed by atoms with E-state index in [4.69, 9.17) is 9.47 Å². The van der Waals surface area contributed by atoms with Crippen LogP contribution < -0.4 is 14.8 Å². The van der Waals surface area contributed by atoms with Crippen LogP contribution >= 0.6 is 15.9 Å². The van der Waals surface area contributed by atoms with Gasteiger partial charge < -0.3 is 19.7 Å². The molecule has 0 radical (unpaired) electrons. The molecule has 7 heteroatoms. The van der Waals surface area contributed by atoms with Crippen molar-refractivity contribution in [2.45, 2.75) is 45.3 Å². The number of nitrogens with one attached hydrogen (secondary N) is 1. The zero-order valence-electron chi connectivity index (χ0n) is 20.9. The Labute approximate surface area is 221 Å². The summed E-state index contributed by atoms with van der Waals surface area (Å²) in [6.07, 6.45) is 1.18. The lowest BCUT2D eigenvalue weighted by Gasteiger charge is -2.32. The minimum atomic E-state index is -0.709. The zero-order valence-corrected chi connectivity index (χ0v) is 22.5. The Hall–Kier alpha value is -3.32. The average molecular weight is 553 g/mol. The molecular weight excluding hydrogens is 520 g/mol. The number of carbonyl (C=O) groups excluding carboxylic acids is 2. The van der Waals surface area contributed by atoms with E-state index in [9.17, 15) is 9.59 Å². The lowest BCUT2D eigenvalue weighted by molar-refractivity contribution is -0.143. The number of ether oxygens (including phenoxy) is 2. The van der Waals surface area contributed by atoms with Crippen LogP contribution in [0, 0.1) is 0 Å². The third kappa shape index (κ3) is 7.85. The zero-order chi connectivity index (χ0) is 25.9. The van der Waals surface area contributed by atoms with E-state index in [0.717, 1.165) is 22.0 Å². The molecule has 0 unspecified atom stereocenters. The van der Waals surface area contributed by atoms with Crippen LogP contribution in [0.15, 0.2) is 83.3 Å². The third-order valence-corrected chi connectivity index (χ3v) is 6.49. The Morgan fingerprint density at radius 2 is 1.56 bits per heavy atom. The first-order chi connectivity index (χ1) is 17.4. The summed E-state index contributed by atoms with van der Waals surface area (Å²) >= 11 is 3.46. The quantitative estimate of drug-likeness (QED) is 0.327. The molecule has 0 bridgehead atoms. The van der Waals surface area contributed by atoms with Crippen molar-refractivity contribution >= 4 is 27.7 Å². The molecule has 0 heterocycles. The van der Waals surface area contributed by atoms with Crippen molar-refractivity contribution in [3.63, 3.8) is 0 Å². The molecule has 0 saturated heterocycles. The molecule has 36 heavy (non-hydrogen) atoms. The van der Waals surface area contributed by atoms with Gasteiger partial charge >= 0.3 is 0 Å². The standard InChI is InChI=1S/C29H33BrN2O4/c1-4-21(2)31-29(34)25(18-22-10-6-5-7-11-22)32(19-23-14-16-24(30)17-15-23)28(33)20-36-27-13-9-8-12-26(27)35-3/h5-17,21,25H,4,18-20H2,1-3H3,(H,31,34)/t21-,25+/m1/s1. The van der Waals surface area contributed by atoms with Gasteiger partial charge in [-0.05, 0) is 48.7 Å². The summed E-state index contributed by atoms with van der Waals surface area (Å²) < 4.78 is 12.1. The van der Waals surface area contributed by atoms with Gasteiger partial charge in [0.15, 0.2) is 18.1 Å². The summed E-state index contributed by atoms with van der Waals surface area (Å²) in [5.74, 6) is 0.542. The van der Waals surface area contributed by atoms with Gasteiger partial charge in [0.2, 0.25) is 5.91 Å². The van der Waals surface area contributed by atoms with Crippen molar-refractivity contribution < 1.29 is 19.1 Å². The largest absolute Gasteiger partial charge is 0.493 e. The fourth-order valence-electron chi connectivity index (χ4n) is 3.74. The van der Waals surface area contributed by atoms with Crippen LogP contribution in [0.25, 0.3) is 0 Å². The Morgan fingerprint density at radius 3 is 2.19 bits per heavy atom. The van der Waals surface area contributed by atoms with E-state index in [2.05, 4.69) is 21.2 Å². The van der Waals surface area contributed by atoms with E-state index in [1.165, 1.54) is 0 Å². The maximum absolute atomic E-state index is 13.6. The third-order valence-electron chi connectivity index (χ3n) is 5.96. The molecule has 0 spiro atoms. The first kappa shape index (κ1) is 27.3. The lowest BCUT2D eigenvalue weighted by atomic mass is 10.0. The molecule has 2 amide bonds. The van der Waals surface area contributed by atoms with Gasteiger partial charge in [0, 0.05) is 23.5 Å². The van der Waals surface area contributed by atoms with Crippen molar-refractivity contribution in [3.05, 3.63) is 94.5 Å². The van der Waals surface area contributed by atoms with Gasteiger partial charge in [0.1, 0.15) is 6.04 Å². The summed E-state index contributed by atoms with van der Waals surface area (Å²) in [7, 11) is 1.55. The maximum Gasteiger partial charge on any atom is 0.261 e. The van der Waals surface area contributed by atoms with Gasteiger partial charge in [0.25, 0.3) is 5.91 Å². The Balaban J connectivity index is 1.92. The highest BCUT2D eigenvalue weighted by atomic mass is 79.9. The fourth-order valence-corrected chi connectivity index (χ4v) is 4.01. The smallest absolute Gasteiger partial charge is 0.261 e. The average Bonchev–Trinajstić information content (AvgIpc) is 2.90. The maximum atomic E-state index is 13.6. The Kier molecular flexibility index (Phi) is 10.4. The molecule has 0 saturated carbocycles. The van der Waals surface area contributed by atoms with Crippen LogP contribution in [0.1, 0.15) is 31.4 Å². The van der Waals surface area contributed by atoms with Crippen molar-refractivity contribution in [1.29, 1.82) is 0 Å². The number of halogens is 1. The molecule has 3 aromatic carbocycles. The molecule has 0 aromatic heterocycles. The molecule has 3 aromatic rings. The predicted molar refractivity (Wildman–Crippen MR) is 145 cm³/mol. The van der Waals surface area contributed by atoms with Crippen molar-refractivity contribution in [3.8, 4) is 11.5 Å². The lowest BCUT2D eigenvalue weighted by Crippen LogP contribution is -2.53. The number of hydrogen-bond donors (Lipinski definition) is 1. The number of nitrogens with zero attached hydrogens (tertiary/aromatic N) is 1. The number of para-hydroxylation sites is 2. The first-order valence-corrected chi connectivity index (χ1v) is 12.8. The molecule has 0 aliphatic carbocycles. The van der Waals surface area contributed by atoms with Crippen molar-refractivity contribution in [2.24, 2.45) is 0 Å². The van der Waals surface area contributed by atoms with Gasteiger partial charge in [-0.25, -0.2) is 0 Å². The van der Waals surface area contributed by atoms with Gasteiger partial charge in [0.05, 0.1) is 7.11 Å². The van der Waals surface area contributed by atoms with E-state index < -0.39 is 6.04 Å². The van der Waals surface area contributed by atoms with Crippen LogP contribution in [0.4, 0.5) is 0 Å². The topological polar surface area (TPSA) is 67.9 Å². The summed E-state index contributed by atoms with van der Waals surface area (Å²) in [5.41, 5.74) is 1.89. The van der Waals surface area contributed by atoms with Crippen LogP contribution in [0.2, 0.25) is 0 Å². The fraction of sp³-hybridized carbons (Fsp3) is 0.310. The summed E-state index contributed by atoms with van der Waals surface area (Å²) in [6, 6.07) is 23.9. The SMILES string of the molecule is CC[C@@H](C)NC(=O)[C@H](Cc1ccccc1)N(Cc1ccc(Br)cc1)C(=O)COc1ccccc1OC. The highest BCUT2D eigenvalue weighted by molar-refractivity contribution is 9.10. The van der Waals surface area contributed by atoms with Gasteiger partial charge in [-0.3, -0.25) is 9.59 Å². The van der Waals surface area contributed by atoms with Gasteiger partial charge in [-0.15, -0.1) is 0 Å². The molecule has 0 aliphatic rings. The summed E-state index contributed by atoms with van der Waals surface area (Å²) in [4.78, 5) is 28.8. The number of methoxy groups -OCH3 is 1. The van der Waals surface area contributed by atoms with Crippen LogP contribution in [0.3, 0.4) is 0 Å². The highest BCUT2D eigenvalue weighted by Gasteiger charge is 2.31. The van der Waals surface area contributed by atoms with Crippen LogP contribution in [-0.2, 0) is 22.6 Å². The first-order valence-electron chi connectivity index (χ1n) is 12.0. The van der Waals surface area contributed by atoms with E-state index in [-0.39, 0.29) is 31.0 Å². The second-order valence-electron chi connectivity index (χ2n) is 8.61. The molecule has 6 nitrogen and oxygen atoms in total. The van der Waals surface area contributed by atoms with Crippen molar-refractivity contribution in [2.75, 3.05) is 13.7 Å². The number of benzene rings is 3. The highest BCUT2D eigenvalue weighted by Crippen LogP contribution is 2.26. The van der Waals surface area contributed by atoms with E-state index in [1.807, 2.05) is 80.6 Å². The molecule has 1 N–H and O–H groups in total. The molecule has 3 rings (SSSR count). The number of rotatable bonds is 12. The normalized spacial score (nSPS) is 12.3. The predicted octanol–water partition coefficient (Wildman–Crippen LogP) is 5.39. The summed E-state index contributed by atoms with van der Waals surface area (Å²) in [5, 5.41) is 3.07. The molecule has 0 fully saturated rings. The number of hydrogen-bond acceptors (Lipinski definition) is 4. The Bertz CT molecular complexity index is 1120. The second kappa shape index (κ2) is 13.7. The number of amides is 2. The Morgan fingerprint density at radius 1 is 0.917 bits per heavy atom. The van der Waals surface area contributed by atoms with Crippen LogP contribution in [0.5, 0.6) is 11.5 Å². The molecule has 190 valence electrons. The molecule has 0 aliphatic heterocycles. The molecular formula is C29H33BrN2O4. The number of carbonyl (C=O) groups is 2. The van der Waals surface area contributed by atoms with E-state index in [0.29, 0.717) is 17.9 Å². The van der Waals surface area contributed by atoms with Gasteiger partial charge in [-0.2, -0.15) is 0 Å². The van der Waals surface area contributed by atoms with E-state index >= 15 is 0 Å².